The Morgan fingerprint density at radius 3 is 2.11 bits per heavy atom. The largest absolute Gasteiger partial charge is 0.496 e. The highest BCUT2D eigenvalue weighted by atomic mass is 32.2. The van der Waals surface area contributed by atoms with Crippen molar-refractivity contribution in [2.45, 2.75) is 25.3 Å². The molecule has 2 N–H and O–H groups in total. The summed E-state index contributed by atoms with van der Waals surface area (Å²) in [7, 11) is -2.10. The van der Waals surface area contributed by atoms with Gasteiger partial charge in [0.15, 0.2) is 0 Å². The van der Waals surface area contributed by atoms with Gasteiger partial charge in [0, 0.05) is 17.9 Å². The second-order valence-electron chi connectivity index (χ2n) is 6.65. The Morgan fingerprint density at radius 2 is 1.50 bits per heavy atom. The van der Waals surface area contributed by atoms with Gasteiger partial charge < -0.3 is 10.1 Å². The van der Waals surface area contributed by atoms with Crippen LogP contribution in [0.1, 0.15) is 16.7 Å². The monoisotopic (exact) mass is 396 g/mol. The summed E-state index contributed by atoms with van der Waals surface area (Å²) in [5, 5.41) is 3.33. The van der Waals surface area contributed by atoms with E-state index in [-0.39, 0.29) is 4.90 Å². The van der Waals surface area contributed by atoms with E-state index in [0.29, 0.717) is 18.0 Å². The summed E-state index contributed by atoms with van der Waals surface area (Å²) in [4.78, 5) is 0.201. The number of rotatable bonds is 7. The molecule has 0 unspecified atom stereocenters. The van der Waals surface area contributed by atoms with Gasteiger partial charge in [0.05, 0.1) is 12.0 Å². The summed E-state index contributed by atoms with van der Waals surface area (Å²) < 4.78 is 33.0. The molecule has 0 aliphatic rings. The van der Waals surface area contributed by atoms with E-state index in [4.69, 9.17) is 4.74 Å². The van der Waals surface area contributed by atoms with Gasteiger partial charge in [-0.05, 0) is 67.4 Å². The first-order chi connectivity index (χ1) is 13.4. The van der Waals surface area contributed by atoms with Gasteiger partial charge in [-0.3, -0.25) is 4.72 Å². The number of anilines is 2. The highest BCUT2D eigenvalue weighted by molar-refractivity contribution is 7.92. The lowest BCUT2D eigenvalue weighted by Gasteiger charge is -2.12. The molecule has 0 atom stereocenters. The lowest BCUT2D eigenvalue weighted by Crippen LogP contribution is -2.13. The molecule has 0 aromatic heterocycles. The molecule has 3 aromatic carbocycles. The van der Waals surface area contributed by atoms with Crippen molar-refractivity contribution < 1.29 is 13.2 Å². The van der Waals surface area contributed by atoms with Gasteiger partial charge in [-0.2, -0.15) is 0 Å². The van der Waals surface area contributed by atoms with Crippen LogP contribution in [0.2, 0.25) is 0 Å². The highest BCUT2D eigenvalue weighted by Gasteiger charge is 2.15. The zero-order valence-corrected chi connectivity index (χ0v) is 17.0. The molecule has 3 aromatic rings. The molecule has 0 radical (unpaired) electrons. The number of hydrogen-bond donors (Lipinski definition) is 2. The minimum Gasteiger partial charge on any atom is -0.496 e. The van der Waals surface area contributed by atoms with Gasteiger partial charge in [0.2, 0.25) is 0 Å². The lowest BCUT2D eigenvalue weighted by atomic mass is 10.1. The third kappa shape index (κ3) is 4.84. The number of methoxy groups -OCH3 is 1. The van der Waals surface area contributed by atoms with Crippen molar-refractivity contribution in [2.75, 3.05) is 17.1 Å². The summed E-state index contributed by atoms with van der Waals surface area (Å²) in [5.74, 6) is 0.656. The molecule has 0 saturated heterocycles. The lowest BCUT2D eigenvalue weighted by molar-refractivity contribution is 0.411. The van der Waals surface area contributed by atoms with Crippen LogP contribution in [-0.4, -0.2) is 15.5 Å². The van der Waals surface area contributed by atoms with E-state index in [0.717, 1.165) is 11.3 Å². The van der Waals surface area contributed by atoms with Crippen LogP contribution in [0.25, 0.3) is 0 Å². The molecule has 0 heterocycles. The van der Waals surface area contributed by atoms with Crippen molar-refractivity contribution >= 4 is 21.4 Å². The van der Waals surface area contributed by atoms with E-state index in [1.807, 2.05) is 19.1 Å². The first kappa shape index (κ1) is 19.8. The van der Waals surface area contributed by atoms with Crippen molar-refractivity contribution in [1.29, 1.82) is 0 Å². The molecular weight excluding hydrogens is 372 g/mol. The fourth-order valence-electron chi connectivity index (χ4n) is 2.80. The van der Waals surface area contributed by atoms with E-state index >= 15 is 0 Å². The summed E-state index contributed by atoms with van der Waals surface area (Å²) >= 11 is 0. The molecule has 0 fully saturated rings. The van der Waals surface area contributed by atoms with E-state index in [1.165, 1.54) is 17.2 Å². The Balaban J connectivity index is 1.66. The number of nitrogens with one attached hydrogen (secondary N) is 2. The fraction of sp³-hybridized carbons (Fsp3) is 0.182. The Labute approximate surface area is 166 Å². The molecule has 28 heavy (non-hydrogen) atoms. The molecule has 0 amide bonds. The Morgan fingerprint density at radius 1 is 0.857 bits per heavy atom. The topological polar surface area (TPSA) is 67.4 Å². The summed E-state index contributed by atoms with van der Waals surface area (Å²) in [5.41, 5.74) is 4.61. The molecule has 0 bridgehead atoms. The zero-order chi connectivity index (χ0) is 20.1. The number of sulfonamides is 1. The van der Waals surface area contributed by atoms with Crippen LogP contribution in [0.5, 0.6) is 5.75 Å². The normalized spacial score (nSPS) is 11.1. The average Bonchev–Trinajstić information content (AvgIpc) is 2.68. The maximum Gasteiger partial charge on any atom is 0.261 e. The predicted octanol–water partition coefficient (Wildman–Crippen LogP) is 4.72. The quantitative estimate of drug-likeness (QED) is 0.606. The van der Waals surface area contributed by atoms with Gasteiger partial charge in [-0.1, -0.05) is 29.8 Å². The number of aryl methyl sites for hydroxylation is 2. The minimum absolute atomic E-state index is 0.201. The van der Waals surface area contributed by atoms with E-state index < -0.39 is 10.0 Å². The maximum absolute atomic E-state index is 12.6. The first-order valence-electron chi connectivity index (χ1n) is 8.94. The average molecular weight is 397 g/mol. The smallest absolute Gasteiger partial charge is 0.261 e. The van der Waals surface area contributed by atoms with Crippen LogP contribution in [0.4, 0.5) is 11.4 Å². The van der Waals surface area contributed by atoms with Crippen molar-refractivity contribution in [3.8, 4) is 5.75 Å². The third-order valence-corrected chi connectivity index (χ3v) is 5.81. The summed E-state index contributed by atoms with van der Waals surface area (Å²) in [6.45, 7) is 4.58. The van der Waals surface area contributed by atoms with Crippen LogP contribution >= 0.6 is 0 Å². The molecule has 5 nitrogen and oxygen atoms in total. The van der Waals surface area contributed by atoms with Crippen molar-refractivity contribution in [2.24, 2.45) is 0 Å². The van der Waals surface area contributed by atoms with Gasteiger partial charge >= 0.3 is 0 Å². The predicted molar refractivity (Wildman–Crippen MR) is 113 cm³/mol. The second-order valence-corrected chi connectivity index (χ2v) is 8.34. The number of ether oxygens (including phenoxy) is 1. The summed E-state index contributed by atoms with van der Waals surface area (Å²) in [6.07, 6.45) is 0. The number of hydrogen-bond acceptors (Lipinski definition) is 4. The zero-order valence-electron chi connectivity index (χ0n) is 16.2. The van der Waals surface area contributed by atoms with Crippen LogP contribution in [0, 0.1) is 13.8 Å². The van der Waals surface area contributed by atoms with Crippen LogP contribution in [-0.2, 0) is 16.6 Å². The van der Waals surface area contributed by atoms with Crippen LogP contribution in [0.3, 0.4) is 0 Å². The molecule has 0 aliphatic carbocycles. The van der Waals surface area contributed by atoms with Gasteiger partial charge in [0.25, 0.3) is 10.0 Å². The maximum atomic E-state index is 12.6. The van der Waals surface area contributed by atoms with Crippen LogP contribution < -0.4 is 14.8 Å². The number of benzene rings is 3. The van der Waals surface area contributed by atoms with Crippen molar-refractivity contribution in [1.82, 2.24) is 0 Å². The van der Waals surface area contributed by atoms with Gasteiger partial charge in [-0.25, -0.2) is 8.42 Å². The van der Waals surface area contributed by atoms with E-state index in [1.54, 1.807) is 31.4 Å². The van der Waals surface area contributed by atoms with E-state index in [2.05, 4.69) is 41.2 Å². The standard InChI is InChI=1S/C22H24N2O3S/c1-16-4-6-18(7-5-16)15-23-19-8-10-20(11-9-19)24-28(25,26)21-12-13-22(27-3)17(2)14-21/h4-14,23-24H,15H2,1-3H3. The minimum atomic E-state index is -3.66. The summed E-state index contributed by atoms with van der Waals surface area (Å²) in [6, 6.07) is 20.3. The third-order valence-electron chi connectivity index (χ3n) is 4.43. The molecule has 0 spiro atoms. The molecule has 0 saturated carbocycles. The SMILES string of the molecule is COc1ccc(S(=O)(=O)Nc2ccc(NCc3ccc(C)cc3)cc2)cc1C. The van der Waals surface area contributed by atoms with Crippen LogP contribution in [0.15, 0.2) is 71.6 Å². The molecule has 3 rings (SSSR count). The molecule has 6 heteroatoms. The highest BCUT2D eigenvalue weighted by Crippen LogP contribution is 2.24. The first-order valence-corrected chi connectivity index (χ1v) is 10.4. The molecule has 146 valence electrons. The fourth-order valence-corrected chi connectivity index (χ4v) is 3.94. The Hall–Kier alpha value is -2.99. The second kappa shape index (κ2) is 8.35. The molecule has 0 aliphatic heterocycles. The van der Waals surface area contributed by atoms with Gasteiger partial charge in [0.1, 0.15) is 5.75 Å². The molecular formula is C22H24N2O3S. The van der Waals surface area contributed by atoms with Crippen molar-refractivity contribution in [3.63, 3.8) is 0 Å². The van der Waals surface area contributed by atoms with Gasteiger partial charge in [-0.15, -0.1) is 0 Å². The van der Waals surface area contributed by atoms with E-state index in [9.17, 15) is 8.42 Å². The van der Waals surface area contributed by atoms with Crippen molar-refractivity contribution in [3.05, 3.63) is 83.4 Å². The Bertz CT molecular complexity index is 1040. The Kier molecular flexibility index (Phi) is 5.90.